The molecule has 3 N–H and O–H groups in total. The quantitative estimate of drug-likeness (QED) is 0.700. The Labute approximate surface area is 149 Å². The standard InChI is InChI=1S/C19H29N3O3/c1-24-19(23)17(20)8-10-25-16-11-13(12-16)4-6-15-7-5-14-3-2-9-21-18(14)22-15/h5,7,13,16-17H,2-4,6,8-12,20H2,1H3,(H,21,22)/t13-,16-,17?. The number of rotatable bonds is 8. The zero-order chi connectivity index (χ0) is 17.6. The lowest BCUT2D eigenvalue weighted by atomic mass is 9.79. The lowest BCUT2D eigenvalue weighted by molar-refractivity contribution is -0.143. The number of fused-ring (bicyclic) bond motifs is 1. The van der Waals surface area contributed by atoms with Crippen molar-refractivity contribution in [2.45, 2.75) is 57.1 Å². The van der Waals surface area contributed by atoms with Gasteiger partial charge >= 0.3 is 5.97 Å². The fourth-order valence-corrected chi connectivity index (χ4v) is 3.54. The Morgan fingerprint density at radius 3 is 3.08 bits per heavy atom. The summed E-state index contributed by atoms with van der Waals surface area (Å²) in [5.41, 5.74) is 8.22. The molecular weight excluding hydrogens is 318 g/mol. The molecule has 1 saturated carbocycles. The van der Waals surface area contributed by atoms with Crippen LogP contribution in [-0.2, 0) is 27.1 Å². The summed E-state index contributed by atoms with van der Waals surface area (Å²) in [6.07, 6.45) is 7.53. The van der Waals surface area contributed by atoms with Gasteiger partial charge in [0, 0.05) is 18.8 Å². The van der Waals surface area contributed by atoms with Crippen molar-refractivity contribution < 1.29 is 14.3 Å². The molecule has 1 aliphatic carbocycles. The van der Waals surface area contributed by atoms with Crippen LogP contribution in [0.15, 0.2) is 12.1 Å². The molecule has 1 aromatic heterocycles. The first kappa shape index (κ1) is 18.1. The maximum absolute atomic E-state index is 11.2. The fraction of sp³-hybridized carbons (Fsp3) is 0.684. The van der Waals surface area contributed by atoms with Gasteiger partial charge in [-0.25, -0.2) is 4.98 Å². The molecule has 138 valence electrons. The van der Waals surface area contributed by atoms with Gasteiger partial charge < -0.3 is 20.5 Å². The van der Waals surface area contributed by atoms with Crippen molar-refractivity contribution in [3.8, 4) is 0 Å². The molecule has 1 unspecified atom stereocenters. The van der Waals surface area contributed by atoms with E-state index in [1.165, 1.54) is 24.8 Å². The molecular formula is C19H29N3O3. The highest BCUT2D eigenvalue weighted by molar-refractivity contribution is 5.75. The van der Waals surface area contributed by atoms with E-state index in [4.69, 9.17) is 15.5 Å². The predicted molar refractivity (Wildman–Crippen MR) is 96.4 cm³/mol. The Morgan fingerprint density at radius 2 is 2.28 bits per heavy atom. The number of aryl methyl sites for hydroxylation is 2. The van der Waals surface area contributed by atoms with Crippen LogP contribution in [0.2, 0.25) is 0 Å². The number of methoxy groups -OCH3 is 1. The molecule has 1 fully saturated rings. The molecule has 3 rings (SSSR count). The molecule has 2 aliphatic rings. The van der Waals surface area contributed by atoms with Crippen LogP contribution in [0, 0.1) is 5.92 Å². The average molecular weight is 347 g/mol. The molecule has 6 nitrogen and oxygen atoms in total. The minimum absolute atomic E-state index is 0.313. The van der Waals surface area contributed by atoms with Gasteiger partial charge in [-0.05, 0) is 62.5 Å². The molecule has 0 bridgehead atoms. The smallest absolute Gasteiger partial charge is 0.322 e. The van der Waals surface area contributed by atoms with Crippen molar-refractivity contribution in [2.24, 2.45) is 11.7 Å². The third-order valence-corrected chi connectivity index (χ3v) is 5.24. The minimum Gasteiger partial charge on any atom is -0.468 e. The van der Waals surface area contributed by atoms with E-state index >= 15 is 0 Å². The third-order valence-electron chi connectivity index (χ3n) is 5.24. The lowest BCUT2D eigenvalue weighted by Crippen LogP contribution is -2.36. The van der Waals surface area contributed by atoms with Crippen LogP contribution in [0.5, 0.6) is 0 Å². The number of ether oxygens (including phenoxy) is 2. The number of nitrogens with two attached hydrogens (primary N) is 1. The molecule has 1 aromatic rings. The largest absolute Gasteiger partial charge is 0.468 e. The second-order valence-electron chi connectivity index (χ2n) is 7.13. The molecule has 0 radical (unpaired) electrons. The molecule has 0 amide bonds. The van der Waals surface area contributed by atoms with Crippen LogP contribution < -0.4 is 11.1 Å². The number of hydrogen-bond acceptors (Lipinski definition) is 6. The molecule has 1 atom stereocenters. The highest BCUT2D eigenvalue weighted by Crippen LogP contribution is 2.34. The van der Waals surface area contributed by atoms with Crippen molar-refractivity contribution in [3.63, 3.8) is 0 Å². The van der Waals surface area contributed by atoms with E-state index in [0.29, 0.717) is 25.0 Å². The second kappa shape index (κ2) is 8.63. The van der Waals surface area contributed by atoms with Gasteiger partial charge in [-0.15, -0.1) is 0 Å². The van der Waals surface area contributed by atoms with Crippen molar-refractivity contribution in [1.82, 2.24) is 4.98 Å². The van der Waals surface area contributed by atoms with E-state index < -0.39 is 6.04 Å². The van der Waals surface area contributed by atoms with Gasteiger partial charge in [0.1, 0.15) is 11.9 Å². The van der Waals surface area contributed by atoms with E-state index in [2.05, 4.69) is 22.2 Å². The first-order valence-electron chi connectivity index (χ1n) is 9.33. The van der Waals surface area contributed by atoms with Gasteiger partial charge in [0.15, 0.2) is 0 Å². The van der Waals surface area contributed by atoms with Crippen LogP contribution in [0.1, 0.15) is 43.4 Å². The van der Waals surface area contributed by atoms with Gasteiger partial charge in [0.2, 0.25) is 0 Å². The molecule has 2 heterocycles. The Bertz CT molecular complexity index is 587. The predicted octanol–water partition coefficient (Wildman–Crippen LogP) is 2.06. The van der Waals surface area contributed by atoms with Crippen molar-refractivity contribution in [2.75, 3.05) is 25.6 Å². The van der Waals surface area contributed by atoms with Crippen LogP contribution in [0.3, 0.4) is 0 Å². The highest BCUT2D eigenvalue weighted by Gasteiger charge is 2.29. The maximum Gasteiger partial charge on any atom is 0.322 e. The molecule has 1 aliphatic heterocycles. The van der Waals surface area contributed by atoms with Crippen LogP contribution in [-0.4, -0.2) is 43.4 Å². The number of anilines is 1. The Hall–Kier alpha value is -1.66. The third kappa shape index (κ3) is 4.92. The maximum atomic E-state index is 11.2. The van der Waals surface area contributed by atoms with Crippen LogP contribution >= 0.6 is 0 Å². The van der Waals surface area contributed by atoms with Gasteiger partial charge in [-0.2, -0.15) is 0 Å². The highest BCUT2D eigenvalue weighted by atomic mass is 16.5. The first-order valence-corrected chi connectivity index (χ1v) is 9.33. The second-order valence-corrected chi connectivity index (χ2v) is 7.13. The van der Waals surface area contributed by atoms with Crippen molar-refractivity contribution in [1.29, 1.82) is 0 Å². The minimum atomic E-state index is -0.579. The number of carbonyl (C=O) groups is 1. The van der Waals surface area contributed by atoms with Gasteiger partial charge in [-0.1, -0.05) is 6.07 Å². The van der Waals surface area contributed by atoms with Crippen molar-refractivity contribution in [3.05, 3.63) is 23.4 Å². The summed E-state index contributed by atoms with van der Waals surface area (Å²) >= 11 is 0. The molecule has 25 heavy (non-hydrogen) atoms. The van der Waals surface area contributed by atoms with E-state index in [1.807, 2.05) is 0 Å². The van der Waals surface area contributed by atoms with Crippen molar-refractivity contribution >= 4 is 11.8 Å². The van der Waals surface area contributed by atoms with E-state index in [1.54, 1.807) is 0 Å². The van der Waals surface area contributed by atoms with Crippen LogP contribution in [0.4, 0.5) is 5.82 Å². The summed E-state index contributed by atoms with van der Waals surface area (Å²) in [5.74, 6) is 1.42. The number of aromatic nitrogens is 1. The van der Waals surface area contributed by atoms with E-state index in [-0.39, 0.29) is 5.97 Å². The molecule has 6 heteroatoms. The topological polar surface area (TPSA) is 86.5 Å². The normalized spacial score (nSPS) is 23.1. The SMILES string of the molecule is COC(=O)C(N)CCO[C@H]1C[C@H](CCc2ccc3c(n2)NCCC3)C1. The number of hydrogen-bond donors (Lipinski definition) is 2. The molecule has 0 spiro atoms. The number of nitrogens with zero attached hydrogens (tertiary/aromatic N) is 1. The van der Waals surface area contributed by atoms with Gasteiger partial charge in [0.25, 0.3) is 0 Å². The Morgan fingerprint density at radius 1 is 1.44 bits per heavy atom. The molecule has 0 saturated heterocycles. The molecule has 0 aromatic carbocycles. The summed E-state index contributed by atoms with van der Waals surface area (Å²) in [6.45, 7) is 1.55. The summed E-state index contributed by atoms with van der Waals surface area (Å²) < 4.78 is 10.4. The number of nitrogens with one attached hydrogen (secondary N) is 1. The fourth-order valence-electron chi connectivity index (χ4n) is 3.54. The number of esters is 1. The lowest BCUT2D eigenvalue weighted by Gasteiger charge is -2.35. The first-order chi connectivity index (χ1) is 12.2. The summed E-state index contributed by atoms with van der Waals surface area (Å²) in [6, 6.07) is 3.82. The Balaban J connectivity index is 1.31. The summed E-state index contributed by atoms with van der Waals surface area (Å²) in [4.78, 5) is 16.0. The average Bonchev–Trinajstić information content (AvgIpc) is 2.61. The number of pyridine rings is 1. The zero-order valence-electron chi connectivity index (χ0n) is 15.0. The summed E-state index contributed by atoms with van der Waals surface area (Å²) in [7, 11) is 1.35. The van der Waals surface area contributed by atoms with E-state index in [0.717, 1.165) is 44.5 Å². The van der Waals surface area contributed by atoms with Gasteiger partial charge in [0.05, 0.1) is 13.2 Å². The number of carbonyl (C=O) groups excluding carboxylic acids is 1. The zero-order valence-corrected chi connectivity index (χ0v) is 15.0. The Kier molecular flexibility index (Phi) is 6.26. The van der Waals surface area contributed by atoms with E-state index in [9.17, 15) is 4.79 Å². The summed E-state index contributed by atoms with van der Waals surface area (Å²) in [5, 5.41) is 3.40. The van der Waals surface area contributed by atoms with Gasteiger partial charge in [-0.3, -0.25) is 4.79 Å². The van der Waals surface area contributed by atoms with Crippen LogP contribution in [0.25, 0.3) is 0 Å². The monoisotopic (exact) mass is 347 g/mol.